The number of urea groups is 1. The van der Waals surface area contributed by atoms with Gasteiger partial charge in [0, 0.05) is 11.6 Å². The zero-order valence-electron chi connectivity index (χ0n) is 18.7. The number of aryl methyl sites for hydroxylation is 1. The van der Waals surface area contributed by atoms with Crippen molar-refractivity contribution in [2.24, 2.45) is 0 Å². The summed E-state index contributed by atoms with van der Waals surface area (Å²) >= 11 is 13.3. The molecule has 0 radical (unpaired) electrons. The second-order valence-corrected chi connectivity index (χ2v) is 10.0. The molecular formula is C24H22Cl2N4O4S. The molecule has 0 spiro atoms. The van der Waals surface area contributed by atoms with Gasteiger partial charge in [-0.3, -0.25) is 19.3 Å². The van der Waals surface area contributed by atoms with Crippen molar-refractivity contribution in [1.82, 2.24) is 15.1 Å². The molecule has 182 valence electrons. The Labute approximate surface area is 216 Å². The van der Waals surface area contributed by atoms with E-state index in [1.165, 1.54) is 22.7 Å². The van der Waals surface area contributed by atoms with Crippen LogP contribution in [0.1, 0.15) is 11.1 Å². The minimum Gasteiger partial charge on any atom is -0.350 e. The van der Waals surface area contributed by atoms with Crippen LogP contribution in [0.4, 0.5) is 10.5 Å². The van der Waals surface area contributed by atoms with Gasteiger partial charge in [0.25, 0.3) is 0 Å². The number of nitrogens with one attached hydrogen (secondary N) is 2. The molecule has 2 heterocycles. The number of rotatable bonds is 7. The molecule has 8 nitrogen and oxygen atoms in total. The number of hydrogen-bond acceptors (Lipinski definition) is 5. The zero-order valence-corrected chi connectivity index (χ0v) is 21.0. The largest absolute Gasteiger partial charge is 0.350 e. The second kappa shape index (κ2) is 10.7. The smallest absolute Gasteiger partial charge is 0.328 e. The minimum absolute atomic E-state index is 0.268. The molecule has 2 N–H and O–H groups in total. The van der Waals surface area contributed by atoms with Crippen LogP contribution in [0.3, 0.4) is 0 Å². The van der Waals surface area contributed by atoms with E-state index in [1.807, 2.05) is 31.2 Å². The van der Waals surface area contributed by atoms with Crippen LogP contribution in [0.15, 0.2) is 53.9 Å². The van der Waals surface area contributed by atoms with Gasteiger partial charge in [0.2, 0.25) is 17.7 Å². The topological polar surface area (TPSA) is 98.8 Å². The van der Waals surface area contributed by atoms with Gasteiger partial charge in [0.15, 0.2) is 0 Å². The molecule has 2 atom stereocenters. The predicted molar refractivity (Wildman–Crippen MR) is 136 cm³/mol. The molecule has 1 fully saturated rings. The maximum Gasteiger partial charge on any atom is 0.328 e. The van der Waals surface area contributed by atoms with Crippen molar-refractivity contribution in [2.45, 2.75) is 24.8 Å². The summed E-state index contributed by atoms with van der Waals surface area (Å²) in [5.74, 6) is -1.45. The Kier molecular flexibility index (Phi) is 7.69. The van der Waals surface area contributed by atoms with E-state index in [1.54, 1.807) is 23.6 Å². The Balaban J connectivity index is 1.43. The van der Waals surface area contributed by atoms with Crippen molar-refractivity contribution in [2.75, 3.05) is 18.4 Å². The molecule has 2 unspecified atom stereocenters. The van der Waals surface area contributed by atoms with Gasteiger partial charge in [0.1, 0.15) is 18.3 Å². The Morgan fingerprint density at radius 3 is 2.51 bits per heavy atom. The number of carbonyl (C=O) groups excluding carboxylic acids is 4. The molecule has 0 bridgehead atoms. The Morgan fingerprint density at radius 2 is 1.77 bits per heavy atom. The lowest BCUT2D eigenvalue weighted by Gasteiger charge is -2.40. The molecule has 2 aromatic carbocycles. The van der Waals surface area contributed by atoms with E-state index in [9.17, 15) is 19.2 Å². The number of nitrogens with zero attached hydrogens (tertiary/aromatic N) is 2. The van der Waals surface area contributed by atoms with Gasteiger partial charge in [-0.15, -0.1) is 11.8 Å². The molecule has 5 amide bonds. The van der Waals surface area contributed by atoms with E-state index >= 15 is 0 Å². The van der Waals surface area contributed by atoms with Crippen LogP contribution < -0.4 is 10.6 Å². The van der Waals surface area contributed by atoms with E-state index in [2.05, 4.69) is 10.6 Å². The summed E-state index contributed by atoms with van der Waals surface area (Å²) < 4.78 is 0. The first-order valence-electron chi connectivity index (χ1n) is 10.7. The van der Waals surface area contributed by atoms with Crippen molar-refractivity contribution >= 4 is 64.4 Å². The average molecular weight is 533 g/mol. The van der Waals surface area contributed by atoms with Crippen LogP contribution in [0.5, 0.6) is 0 Å². The number of fused-ring (bicyclic) bond motifs is 1. The summed E-state index contributed by atoms with van der Waals surface area (Å²) in [6, 6.07) is 11.0. The molecule has 0 aromatic heterocycles. The van der Waals surface area contributed by atoms with Gasteiger partial charge in [0.05, 0.1) is 16.8 Å². The predicted octanol–water partition coefficient (Wildman–Crippen LogP) is 3.82. The monoisotopic (exact) mass is 532 g/mol. The van der Waals surface area contributed by atoms with Gasteiger partial charge in [-0.25, -0.2) is 4.79 Å². The van der Waals surface area contributed by atoms with Crippen LogP contribution in [0.25, 0.3) is 0 Å². The first-order chi connectivity index (χ1) is 16.7. The van der Waals surface area contributed by atoms with E-state index < -0.39 is 41.6 Å². The fourth-order valence-electron chi connectivity index (χ4n) is 3.76. The first kappa shape index (κ1) is 25.1. The van der Waals surface area contributed by atoms with Crippen molar-refractivity contribution in [1.29, 1.82) is 0 Å². The standard InChI is InChI=1S/C24H22Cl2N4O4S/c1-14-2-4-15(5-3-14)11-27-20(31)12-30-23(33)22-19(8-9-35-22)29(24(30)34)13-21(32)28-18-10-16(25)6-7-17(18)26/h2-10,19,22H,11-13H2,1H3,(H,27,31)(H,28,32). The van der Waals surface area contributed by atoms with Crippen molar-refractivity contribution in [3.63, 3.8) is 0 Å². The Bertz CT molecular complexity index is 1200. The van der Waals surface area contributed by atoms with E-state index in [4.69, 9.17) is 23.2 Å². The first-order valence-corrected chi connectivity index (χ1v) is 12.4. The van der Waals surface area contributed by atoms with Crippen molar-refractivity contribution in [3.8, 4) is 0 Å². The number of thioether (sulfide) groups is 1. The quantitative estimate of drug-likeness (QED) is 0.564. The van der Waals surface area contributed by atoms with Crippen LogP contribution in [0.2, 0.25) is 10.0 Å². The SMILES string of the molecule is Cc1ccc(CNC(=O)CN2C(=O)C3SC=CC3N(CC(=O)Nc3cc(Cl)ccc3Cl)C2=O)cc1. The van der Waals surface area contributed by atoms with E-state index in [0.29, 0.717) is 15.7 Å². The maximum absolute atomic E-state index is 13.2. The van der Waals surface area contributed by atoms with Crippen molar-refractivity contribution < 1.29 is 19.2 Å². The third kappa shape index (κ3) is 5.80. The molecule has 0 saturated carbocycles. The van der Waals surface area contributed by atoms with E-state index in [-0.39, 0.29) is 13.1 Å². The average Bonchev–Trinajstić information content (AvgIpc) is 3.31. The third-order valence-corrected chi connectivity index (χ3v) is 7.24. The highest BCUT2D eigenvalue weighted by atomic mass is 35.5. The summed E-state index contributed by atoms with van der Waals surface area (Å²) in [6.07, 6.45) is 1.71. The van der Waals surface area contributed by atoms with Gasteiger partial charge < -0.3 is 15.5 Å². The van der Waals surface area contributed by atoms with Gasteiger partial charge in [-0.05, 0) is 36.1 Å². The van der Waals surface area contributed by atoms with Crippen LogP contribution in [-0.2, 0) is 20.9 Å². The minimum atomic E-state index is -0.707. The van der Waals surface area contributed by atoms with Crippen LogP contribution in [-0.4, -0.2) is 57.9 Å². The fourth-order valence-corrected chi connectivity index (χ4v) is 5.16. The number of hydrogen-bond donors (Lipinski definition) is 2. The fraction of sp³-hybridized carbons (Fsp3) is 0.250. The van der Waals surface area contributed by atoms with Crippen LogP contribution >= 0.6 is 35.0 Å². The summed E-state index contributed by atoms with van der Waals surface area (Å²) in [5, 5.41) is 7.16. The Morgan fingerprint density at radius 1 is 1.03 bits per heavy atom. The molecular weight excluding hydrogens is 511 g/mol. The molecule has 1 saturated heterocycles. The molecule has 11 heteroatoms. The number of amides is 5. The molecule has 0 aliphatic carbocycles. The highest BCUT2D eigenvalue weighted by molar-refractivity contribution is 8.03. The zero-order chi connectivity index (χ0) is 25.1. The summed E-state index contributed by atoms with van der Waals surface area (Å²) in [6.45, 7) is 1.47. The third-order valence-electron chi connectivity index (χ3n) is 5.59. The summed E-state index contributed by atoms with van der Waals surface area (Å²) in [4.78, 5) is 53.7. The number of carbonyl (C=O) groups is 4. The number of imide groups is 1. The molecule has 2 aromatic rings. The lowest BCUT2D eigenvalue weighted by Crippen LogP contribution is -2.64. The lowest BCUT2D eigenvalue weighted by molar-refractivity contribution is -0.136. The highest BCUT2D eigenvalue weighted by Gasteiger charge is 2.48. The Hall–Kier alpha value is -3.01. The highest BCUT2D eigenvalue weighted by Crippen LogP contribution is 2.34. The normalized spacial score (nSPS) is 19.1. The molecule has 2 aliphatic rings. The summed E-state index contributed by atoms with van der Waals surface area (Å²) in [5.41, 5.74) is 2.31. The van der Waals surface area contributed by atoms with Gasteiger partial charge in [-0.1, -0.05) is 59.1 Å². The molecule has 4 rings (SSSR count). The van der Waals surface area contributed by atoms with Gasteiger partial charge in [-0.2, -0.15) is 0 Å². The number of anilines is 1. The van der Waals surface area contributed by atoms with Crippen molar-refractivity contribution in [3.05, 3.63) is 75.1 Å². The molecule has 35 heavy (non-hydrogen) atoms. The van der Waals surface area contributed by atoms with E-state index in [0.717, 1.165) is 16.0 Å². The second-order valence-electron chi connectivity index (χ2n) is 8.15. The van der Waals surface area contributed by atoms with Crippen LogP contribution in [0, 0.1) is 6.92 Å². The van der Waals surface area contributed by atoms with Gasteiger partial charge >= 0.3 is 6.03 Å². The summed E-state index contributed by atoms with van der Waals surface area (Å²) in [7, 11) is 0. The maximum atomic E-state index is 13.2. The lowest BCUT2D eigenvalue weighted by atomic mass is 10.1. The number of benzene rings is 2. The number of halogens is 2. The molecule has 2 aliphatic heterocycles.